The highest BCUT2D eigenvalue weighted by molar-refractivity contribution is 5.92. The second kappa shape index (κ2) is 9.90. The van der Waals surface area contributed by atoms with Crippen LogP contribution in [-0.2, 0) is 0 Å². The van der Waals surface area contributed by atoms with Crippen LogP contribution in [0, 0.1) is 17.0 Å². The Balaban J connectivity index is 1.33. The molecule has 4 rings (SSSR count). The molecule has 10 heteroatoms. The van der Waals surface area contributed by atoms with Crippen LogP contribution in [-0.4, -0.2) is 47.0 Å². The second-order valence-electron chi connectivity index (χ2n) is 8.74. The molecule has 0 saturated heterocycles. The number of hydrogen-bond donors (Lipinski definition) is 2. The van der Waals surface area contributed by atoms with Crippen LogP contribution in [0.25, 0.3) is 11.3 Å². The number of furan rings is 1. The fourth-order valence-corrected chi connectivity index (χ4v) is 4.09. The van der Waals surface area contributed by atoms with Gasteiger partial charge in [-0.2, -0.15) is 4.98 Å². The van der Waals surface area contributed by atoms with E-state index in [1.807, 2.05) is 25.1 Å². The summed E-state index contributed by atoms with van der Waals surface area (Å²) in [6.45, 7) is 1.79. The van der Waals surface area contributed by atoms with E-state index in [2.05, 4.69) is 20.6 Å². The zero-order valence-electron chi connectivity index (χ0n) is 19.4. The maximum atomic E-state index is 12.7. The van der Waals surface area contributed by atoms with E-state index in [-0.39, 0.29) is 29.4 Å². The maximum absolute atomic E-state index is 12.7. The molecule has 0 radical (unpaired) electrons. The lowest BCUT2D eigenvalue weighted by Gasteiger charge is -2.29. The first kappa shape index (κ1) is 23.2. The van der Waals surface area contributed by atoms with Crippen LogP contribution < -0.4 is 15.5 Å². The number of benzene rings is 1. The largest absolute Gasteiger partial charge is 0.451 e. The molecule has 0 spiro atoms. The SMILES string of the molecule is Cc1ccc(-c2ccc(C(=O)N[C@H]3CC[C@@H](Nc4nccc(N(C)C)n4)CC3)o2)c([N+](=O)[O-])c1. The summed E-state index contributed by atoms with van der Waals surface area (Å²) in [7, 11) is 3.87. The molecule has 178 valence electrons. The molecule has 1 aromatic carbocycles. The Hall–Kier alpha value is -3.95. The summed E-state index contributed by atoms with van der Waals surface area (Å²) in [6.07, 6.45) is 5.11. The maximum Gasteiger partial charge on any atom is 0.287 e. The Morgan fingerprint density at radius 2 is 1.85 bits per heavy atom. The van der Waals surface area contributed by atoms with Crippen LogP contribution in [0.4, 0.5) is 17.5 Å². The van der Waals surface area contributed by atoms with Crippen molar-refractivity contribution < 1.29 is 14.1 Å². The molecule has 2 N–H and O–H groups in total. The lowest BCUT2D eigenvalue weighted by atomic mass is 9.91. The number of nitro groups is 1. The van der Waals surface area contributed by atoms with Gasteiger partial charge in [-0.25, -0.2) is 4.98 Å². The average Bonchev–Trinajstić information content (AvgIpc) is 3.31. The highest BCUT2D eigenvalue weighted by atomic mass is 16.6. The first-order valence-electron chi connectivity index (χ1n) is 11.2. The number of nitrogens with zero attached hydrogens (tertiary/aromatic N) is 4. The van der Waals surface area contributed by atoms with Gasteiger partial charge in [0.1, 0.15) is 11.6 Å². The van der Waals surface area contributed by atoms with Crippen LogP contribution in [0.1, 0.15) is 41.8 Å². The molecule has 1 aliphatic carbocycles. The molecule has 0 atom stereocenters. The average molecular weight is 465 g/mol. The number of aromatic nitrogens is 2. The number of anilines is 2. The molecule has 0 aliphatic heterocycles. The van der Waals surface area contributed by atoms with Crippen LogP contribution >= 0.6 is 0 Å². The van der Waals surface area contributed by atoms with Crippen molar-refractivity contribution in [2.75, 3.05) is 24.3 Å². The smallest absolute Gasteiger partial charge is 0.287 e. The topological polar surface area (TPSA) is 126 Å². The third-order valence-corrected chi connectivity index (χ3v) is 5.94. The zero-order chi connectivity index (χ0) is 24.2. The lowest BCUT2D eigenvalue weighted by Crippen LogP contribution is -2.40. The van der Waals surface area contributed by atoms with Crippen molar-refractivity contribution in [2.24, 2.45) is 0 Å². The predicted octanol–water partition coefficient (Wildman–Crippen LogP) is 4.17. The summed E-state index contributed by atoms with van der Waals surface area (Å²) < 4.78 is 5.68. The first-order chi connectivity index (χ1) is 16.3. The van der Waals surface area contributed by atoms with Gasteiger partial charge in [0.05, 0.1) is 10.5 Å². The Labute approximate surface area is 197 Å². The number of amides is 1. The van der Waals surface area contributed by atoms with Crippen molar-refractivity contribution in [3.63, 3.8) is 0 Å². The summed E-state index contributed by atoms with van der Waals surface area (Å²) in [5.41, 5.74) is 1.08. The van der Waals surface area contributed by atoms with Gasteiger partial charge in [0.2, 0.25) is 5.95 Å². The van der Waals surface area contributed by atoms with Crippen molar-refractivity contribution in [3.05, 3.63) is 64.0 Å². The Morgan fingerprint density at radius 3 is 2.56 bits per heavy atom. The van der Waals surface area contributed by atoms with Gasteiger partial charge in [-0.15, -0.1) is 0 Å². The van der Waals surface area contributed by atoms with Gasteiger partial charge in [0.15, 0.2) is 5.76 Å². The van der Waals surface area contributed by atoms with E-state index < -0.39 is 4.92 Å². The Bertz CT molecular complexity index is 1180. The van der Waals surface area contributed by atoms with E-state index >= 15 is 0 Å². The summed E-state index contributed by atoms with van der Waals surface area (Å²) >= 11 is 0. The van der Waals surface area contributed by atoms with E-state index in [9.17, 15) is 14.9 Å². The Morgan fingerprint density at radius 1 is 1.12 bits per heavy atom. The first-order valence-corrected chi connectivity index (χ1v) is 11.2. The van der Waals surface area contributed by atoms with Gasteiger partial charge in [-0.3, -0.25) is 14.9 Å². The summed E-state index contributed by atoms with van der Waals surface area (Å²) in [5.74, 6) is 1.56. The molecule has 1 aliphatic rings. The highest BCUT2D eigenvalue weighted by Gasteiger charge is 2.25. The molecule has 1 fully saturated rings. The normalized spacial score (nSPS) is 17.7. The fourth-order valence-electron chi connectivity index (χ4n) is 4.09. The van der Waals surface area contributed by atoms with Crippen molar-refractivity contribution in [2.45, 2.75) is 44.7 Å². The van der Waals surface area contributed by atoms with Gasteiger partial charge in [0, 0.05) is 38.4 Å². The third-order valence-electron chi connectivity index (χ3n) is 5.94. The second-order valence-corrected chi connectivity index (χ2v) is 8.74. The van der Waals surface area contributed by atoms with Gasteiger partial charge >= 0.3 is 0 Å². The molecule has 3 aromatic rings. The summed E-state index contributed by atoms with van der Waals surface area (Å²) in [6, 6.07) is 10.2. The molecule has 10 nitrogen and oxygen atoms in total. The number of carbonyl (C=O) groups is 1. The van der Waals surface area contributed by atoms with Crippen molar-refractivity contribution in [3.8, 4) is 11.3 Å². The van der Waals surface area contributed by atoms with Crippen LogP contribution in [0.15, 0.2) is 47.0 Å². The molecule has 2 heterocycles. The van der Waals surface area contributed by atoms with Crippen molar-refractivity contribution in [1.82, 2.24) is 15.3 Å². The molecule has 1 amide bonds. The summed E-state index contributed by atoms with van der Waals surface area (Å²) in [5, 5.41) is 17.8. The van der Waals surface area contributed by atoms with Crippen molar-refractivity contribution in [1.29, 1.82) is 0 Å². The van der Waals surface area contributed by atoms with Crippen LogP contribution in [0.3, 0.4) is 0 Å². The van der Waals surface area contributed by atoms with Crippen LogP contribution in [0.5, 0.6) is 0 Å². The minimum absolute atomic E-state index is 0.0295. The van der Waals surface area contributed by atoms with E-state index in [0.29, 0.717) is 17.3 Å². The van der Waals surface area contributed by atoms with Gasteiger partial charge in [0.25, 0.3) is 11.6 Å². The molecule has 0 bridgehead atoms. The highest BCUT2D eigenvalue weighted by Crippen LogP contribution is 2.32. The van der Waals surface area contributed by atoms with E-state index in [1.165, 1.54) is 6.07 Å². The van der Waals surface area contributed by atoms with E-state index in [1.54, 1.807) is 37.4 Å². The number of nitro benzene ring substituents is 1. The van der Waals surface area contributed by atoms with E-state index in [0.717, 1.165) is 37.1 Å². The van der Waals surface area contributed by atoms with E-state index in [4.69, 9.17) is 4.42 Å². The summed E-state index contributed by atoms with van der Waals surface area (Å²) in [4.78, 5) is 34.4. The monoisotopic (exact) mass is 464 g/mol. The standard InChI is InChI=1S/C24H28N6O4/c1-15-4-9-18(19(14-15)30(32)33)20-10-11-21(34-20)23(31)26-16-5-7-17(8-6-16)27-24-25-13-12-22(28-24)29(2)3/h4,9-14,16-17H,5-8H2,1-3H3,(H,26,31)(H,25,27,28)/t16-,17+. The van der Waals surface area contributed by atoms with Gasteiger partial charge < -0.3 is 20.0 Å². The quantitative estimate of drug-likeness (QED) is 0.394. The minimum atomic E-state index is -0.446. The molecular weight excluding hydrogens is 436 g/mol. The fraction of sp³-hybridized carbons (Fsp3) is 0.375. The number of aryl methyl sites for hydroxylation is 1. The molecule has 2 aromatic heterocycles. The molecular formula is C24H28N6O4. The minimum Gasteiger partial charge on any atom is -0.451 e. The number of rotatable bonds is 7. The van der Waals surface area contributed by atoms with Gasteiger partial charge in [-0.05, 0) is 62.4 Å². The molecule has 34 heavy (non-hydrogen) atoms. The van der Waals surface area contributed by atoms with Crippen molar-refractivity contribution >= 4 is 23.4 Å². The number of carbonyl (C=O) groups excluding carboxylic acids is 1. The van der Waals surface area contributed by atoms with Crippen LogP contribution in [0.2, 0.25) is 0 Å². The number of hydrogen-bond acceptors (Lipinski definition) is 8. The van der Waals surface area contributed by atoms with Gasteiger partial charge in [-0.1, -0.05) is 6.07 Å². The molecule has 0 unspecified atom stereocenters. The number of nitrogens with one attached hydrogen (secondary N) is 2. The zero-order valence-corrected chi connectivity index (χ0v) is 19.4. The molecule has 1 saturated carbocycles. The Kier molecular flexibility index (Phi) is 6.76. The predicted molar refractivity (Wildman–Crippen MR) is 129 cm³/mol. The third kappa shape index (κ3) is 5.33. The lowest BCUT2D eigenvalue weighted by molar-refractivity contribution is -0.384.